The van der Waals surface area contributed by atoms with Crippen molar-refractivity contribution in [2.75, 3.05) is 5.43 Å². The second kappa shape index (κ2) is 5.80. The molecule has 0 radical (unpaired) electrons. The van der Waals surface area contributed by atoms with Crippen LogP contribution in [0, 0.1) is 0 Å². The molecule has 2 rings (SSSR count). The van der Waals surface area contributed by atoms with Crippen LogP contribution >= 0.6 is 46.1 Å². The molecule has 0 aliphatic heterocycles. The maximum atomic E-state index is 11.7. The van der Waals surface area contributed by atoms with Crippen LogP contribution in [0.2, 0.25) is 15.1 Å². The van der Waals surface area contributed by atoms with Crippen molar-refractivity contribution in [3.8, 4) is 0 Å². The fourth-order valence-corrected chi connectivity index (χ4v) is 2.79. The molecule has 18 heavy (non-hydrogen) atoms. The van der Waals surface area contributed by atoms with Gasteiger partial charge in [-0.3, -0.25) is 15.6 Å². The number of hydrazine groups is 1. The van der Waals surface area contributed by atoms with E-state index in [9.17, 15) is 4.79 Å². The molecule has 0 aliphatic carbocycles. The molecule has 1 heterocycles. The highest BCUT2D eigenvalue weighted by molar-refractivity contribution is 7.08. The van der Waals surface area contributed by atoms with Crippen LogP contribution in [0.4, 0.5) is 5.69 Å². The van der Waals surface area contributed by atoms with Gasteiger partial charge in [0.15, 0.2) is 0 Å². The zero-order chi connectivity index (χ0) is 13.1. The molecule has 1 aromatic heterocycles. The third-order valence-corrected chi connectivity index (χ3v) is 3.59. The minimum absolute atomic E-state index is 0.265. The van der Waals surface area contributed by atoms with E-state index in [1.807, 2.05) is 5.38 Å². The average Bonchev–Trinajstić information content (AvgIpc) is 2.80. The van der Waals surface area contributed by atoms with E-state index in [4.69, 9.17) is 34.8 Å². The summed E-state index contributed by atoms with van der Waals surface area (Å²) in [6, 6.07) is 4.79. The van der Waals surface area contributed by atoms with Crippen LogP contribution in [0.5, 0.6) is 0 Å². The van der Waals surface area contributed by atoms with Crippen molar-refractivity contribution in [1.82, 2.24) is 5.43 Å². The van der Waals surface area contributed by atoms with Crippen molar-refractivity contribution in [2.45, 2.75) is 0 Å². The van der Waals surface area contributed by atoms with Gasteiger partial charge in [0, 0.05) is 10.4 Å². The summed E-state index contributed by atoms with van der Waals surface area (Å²) in [4.78, 5) is 11.7. The third kappa shape index (κ3) is 3.09. The van der Waals surface area contributed by atoms with Gasteiger partial charge < -0.3 is 0 Å². The number of carbonyl (C=O) groups excluding carboxylic acids is 1. The van der Waals surface area contributed by atoms with E-state index in [0.717, 1.165) is 0 Å². The lowest BCUT2D eigenvalue weighted by molar-refractivity contribution is 0.0963. The number of thiophene rings is 1. The number of anilines is 1. The van der Waals surface area contributed by atoms with E-state index in [1.54, 1.807) is 11.4 Å². The second-order valence-corrected chi connectivity index (χ2v) is 5.37. The summed E-state index contributed by atoms with van der Waals surface area (Å²) in [6.45, 7) is 0. The van der Waals surface area contributed by atoms with Crippen LogP contribution in [-0.4, -0.2) is 5.91 Å². The van der Waals surface area contributed by atoms with Crippen molar-refractivity contribution in [3.05, 3.63) is 49.6 Å². The van der Waals surface area contributed by atoms with Crippen LogP contribution < -0.4 is 10.9 Å². The molecule has 0 saturated heterocycles. The summed E-state index contributed by atoms with van der Waals surface area (Å²) in [5.74, 6) is -0.265. The highest BCUT2D eigenvalue weighted by Gasteiger charge is 2.10. The lowest BCUT2D eigenvalue weighted by Crippen LogP contribution is -2.29. The quantitative estimate of drug-likeness (QED) is 0.819. The van der Waals surface area contributed by atoms with Gasteiger partial charge >= 0.3 is 0 Å². The Morgan fingerprint density at radius 3 is 2.39 bits per heavy atom. The largest absolute Gasteiger partial charge is 0.295 e. The first kappa shape index (κ1) is 13.5. The summed E-state index contributed by atoms with van der Waals surface area (Å²) in [6.07, 6.45) is 0. The van der Waals surface area contributed by atoms with Crippen LogP contribution in [0.15, 0.2) is 29.0 Å². The standard InChI is InChI=1S/C11H7Cl3N2OS/c12-7-3-8(13)10(9(14)4-7)15-16-11(17)6-1-2-18-5-6/h1-5,15H,(H,16,17). The van der Waals surface area contributed by atoms with Gasteiger partial charge in [-0.05, 0) is 23.6 Å². The van der Waals surface area contributed by atoms with Crippen molar-refractivity contribution in [3.63, 3.8) is 0 Å². The topological polar surface area (TPSA) is 41.1 Å². The molecular weight excluding hydrogens is 315 g/mol. The highest BCUT2D eigenvalue weighted by atomic mass is 35.5. The molecular formula is C11H7Cl3N2OS. The Morgan fingerprint density at radius 1 is 1.17 bits per heavy atom. The molecule has 0 spiro atoms. The van der Waals surface area contributed by atoms with Crippen molar-refractivity contribution in [1.29, 1.82) is 0 Å². The predicted octanol–water partition coefficient (Wildman–Crippen LogP) is 4.47. The Bertz CT molecular complexity index is 549. The fraction of sp³-hybridized carbons (Fsp3) is 0. The third-order valence-electron chi connectivity index (χ3n) is 2.09. The molecule has 2 N–H and O–H groups in total. The van der Waals surface area contributed by atoms with Crippen LogP contribution in [0.25, 0.3) is 0 Å². The smallest absolute Gasteiger partial charge is 0.270 e. The lowest BCUT2D eigenvalue weighted by Gasteiger charge is -2.11. The van der Waals surface area contributed by atoms with Crippen LogP contribution in [-0.2, 0) is 0 Å². The van der Waals surface area contributed by atoms with E-state index >= 15 is 0 Å². The highest BCUT2D eigenvalue weighted by Crippen LogP contribution is 2.33. The molecule has 3 nitrogen and oxygen atoms in total. The maximum absolute atomic E-state index is 11.7. The van der Waals surface area contributed by atoms with Gasteiger partial charge in [-0.15, -0.1) is 0 Å². The normalized spacial score (nSPS) is 10.2. The first-order valence-electron chi connectivity index (χ1n) is 4.81. The number of halogens is 3. The first-order valence-corrected chi connectivity index (χ1v) is 6.88. The second-order valence-electron chi connectivity index (χ2n) is 3.34. The van der Waals surface area contributed by atoms with Crippen LogP contribution in [0.1, 0.15) is 10.4 Å². The Labute approximate surface area is 123 Å². The monoisotopic (exact) mass is 320 g/mol. The number of carbonyl (C=O) groups is 1. The maximum Gasteiger partial charge on any atom is 0.270 e. The van der Waals surface area contributed by atoms with E-state index in [0.29, 0.717) is 26.3 Å². The van der Waals surface area contributed by atoms with Gasteiger partial charge in [-0.2, -0.15) is 11.3 Å². The van der Waals surface area contributed by atoms with Gasteiger partial charge in [-0.25, -0.2) is 0 Å². The van der Waals surface area contributed by atoms with Gasteiger partial charge in [-0.1, -0.05) is 34.8 Å². The van der Waals surface area contributed by atoms with Crippen molar-refractivity contribution < 1.29 is 4.79 Å². The van der Waals surface area contributed by atoms with E-state index in [2.05, 4.69) is 10.9 Å². The average molecular weight is 322 g/mol. The van der Waals surface area contributed by atoms with Crippen molar-refractivity contribution in [2.24, 2.45) is 0 Å². The number of rotatable bonds is 3. The first-order chi connectivity index (χ1) is 8.58. The summed E-state index contributed by atoms with van der Waals surface area (Å²) in [5, 5.41) is 4.65. The molecule has 7 heteroatoms. The molecule has 0 saturated carbocycles. The minimum Gasteiger partial charge on any atom is -0.295 e. The summed E-state index contributed by atoms with van der Waals surface area (Å²) in [7, 11) is 0. The summed E-state index contributed by atoms with van der Waals surface area (Å²) >= 11 is 19.1. The molecule has 1 aromatic carbocycles. The molecule has 0 aliphatic rings. The molecule has 2 aromatic rings. The molecule has 0 bridgehead atoms. The number of benzene rings is 1. The number of hydrogen-bond acceptors (Lipinski definition) is 3. The number of hydrogen-bond donors (Lipinski definition) is 2. The van der Waals surface area contributed by atoms with E-state index in [1.165, 1.54) is 23.5 Å². The van der Waals surface area contributed by atoms with E-state index < -0.39 is 0 Å². The minimum atomic E-state index is -0.265. The molecule has 0 fully saturated rings. The summed E-state index contributed by atoms with van der Waals surface area (Å²) < 4.78 is 0. The SMILES string of the molecule is O=C(NNc1c(Cl)cc(Cl)cc1Cl)c1ccsc1. The molecule has 94 valence electrons. The van der Waals surface area contributed by atoms with E-state index in [-0.39, 0.29) is 5.91 Å². The molecule has 1 amide bonds. The van der Waals surface area contributed by atoms with Gasteiger partial charge in [0.1, 0.15) is 0 Å². The Kier molecular flexibility index (Phi) is 4.35. The zero-order valence-corrected chi connectivity index (χ0v) is 11.9. The number of nitrogens with one attached hydrogen (secondary N) is 2. The molecule has 0 unspecified atom stereocenters. The van der Waals surface area contributed by atoms with Gasteiger partial charge in [0.25, 0.3) is 5.91 Å². The predicted molar refractivity (Wildman–Crippen MR) is 76.9 cm³/mol. The Hall–Kier alpha value is -0.940. The lowest BCUT2D eigenvalue weighted by atomic mass is 10.3. The number of amides is 1. The Balaban J connectivity index is 2.09. The zero-order valence-electron chi connectivity index (χ0n) is 8.84. The van der Waals surface area contributed by atoms with Crippen molar-refractivity contribution >= 4 is 57.7 Å². The summed E-state index contributed by atoms with van der Waals surface area (Å²) in [5.41, 5.74) is 6.16. The molecule has 0 atom stereocenters. The Morgan fingerprint density at radius 2 is 1.83 bits per heavy atom. The fourth-order valence-electron chi connectivity index (χ4n) is 1.25. The van der Waals surface area contributed by atoms with Gasteiger partial charge in [0.2, 0.25) is 0 Å². The van der Waals surface area contributed by atoms with Crippen LogP contribution in [0.3, 0.4) is 0 Å². The van der Waals surface area contributed by atoms with Gasteiger partial charge in [0.05, 0.1) is 21.3 Å².